The lowest BCUT2D eigenvalue weighted by molar-refractivity contribution is 0.223. The van der Waals surface area contributed by atoms with Gasteiger partial charge in [-0.15, -0.1) is 0 Å². The number of benzene rings is 1. The number of allylic oxidation sites excluding steroid dienone is 1. The van der Waals surface area contributed by atoms with E-state index in [9.17, 15) is 5.11 Å². The van der Waals surface area contributed by atoms with Crippen molar-refractivity contribution in [3.05, 3.63) is 47.0 Å². The van der Waals surface area contributed by atoms with Crippen molar-refractivity contribution in [1.82, 2.24) is 0 Å². The van der Waals surface area contributed by atoms with Gasteiger partial charge in [0.2, 0.25) is 0 Å². The zero-order valence-electron chi connectivity index (χ0n) is 8.53. The highest BCUT2D eigenvalue weighted by atomic mass is 16.3. The molecule has 74 valence electrons. The van der Waals surface area contributed by atoms with Gasteiger partial charge < -0.3 is 5.11 Å². The third-order valence-corrected chi connectivity index (χ3v) is 2.87. The van der Waals surface area contributed by atoms with Crippen LogP contribution in [0.15, 0.2) is 35.9 Å². The average Bonchev–Trinajstić information content (AvgIpc) is 2.56. The summed E-state index contributed by atoms with van der Waals surface area (Å²) in [5, 5.41) is 9.37. The maximum atomic E-state index is 9.37. The van der Waals surface area contributed by atoms with Crippen LogP contribution in [0.1, 0.15) is 24.0 Å². The summed E-state index contributed by atoms with van der Waals surface area (Å²) in [6, 6.07) is 8.45. The summed E-state index contributed by atoms with van der Waals surface area (Å²) in [6.45, 7) is 2.14. The highest BCUT2D eigenvalue weighted by Gasteiger charge is 2.13. The molecule has 1 nitrogen and oxygen atoms in total. The minimum atomic E-state index is -0.200. The number of aliphatic hydroxyl groups is 1. The molecule has 0 radical (unpaired) electrons. The summed E-state index contributed by atoms with van der Waals surface area (Å²) in [4.78, 5) is 0. The van der Waals surface area contributed by atoms with Gasteiger partial charge >= 0.3 is 0 Å². The molecular formula is C13H16O. The van der Waals surface area contributed by atoms with E-state index >= 15 is 0 Å². The number of hydrogen-bond acceptors (Lipinski definition) is 1. The molecule has 0 heterocycles. The molecule has 1 aliphatic rings. The van der Waals surface area contributed by atoms with Gasteiger partial charge in [-0.2, -0.15) is 0 Å². The number of hydrogen-bond donors (Lipinski definition) is 1. The van der Waals surface area contributed by atoms with E-state index in [-0.39, 0.29) is 6.10 Å². The Kier molecular flexibility index (Phi) is 2.69. The van der Waals surface area contributed by atoms with Gasteiger partial charge in [-0.25, -0.2) is 0 Å². The molecule has 1 N–H and O–H groups in total. The SMILES string of the molecule is Cc1ccccc1CC1=CC(O)CC1. The average molecular weight is 188 g/mol. The van der Waals surface area contributed by atoms with Gasteiger partial charge in [-0.3, -0.25) is 0 Å². The first-order valence-corrected chi connectivity index (χ1v) is 5.18. The van der Waals surface area contributed by atoms with Crippen LogP contribution in [0, 0.1) is 6.92 Å². The van der Waals surface area contributed by atoms with Gasteiger partial charge in [-0.1, -0.05) is 35.9 Å². The standard InChI is InChI=1S/C13H16O/c1-10-4-2-3-5-12(10)8-11-6-7-13(14)9-11/h2-5,9,13-14H,6-8H2,1H3. The third kappa shape index (κ3) is 2.05. The van der Waals surface area contributed by atoms with E-state index in [4.69, 9.17) is 0 Å². The van der Waals surface area contributed by atoms with E-state index in [1.54, 1.807) is 0 Å². The van der Waals surface area contributed by atoms with Crippen LogP contribution >= 0.6 is 0 Å². The lowest BCUT2D eigenvalue weighted by Crippen LogP contribution is -1.93. The smallest absolute Gasteiger partial charge is 0.0726 e. The molecular weight excluding hydrogens is 172 g/mol. The quantitative estimate of drug-likeness (QED) is 0.707. The van der Waals surface area contributed by atoms with Crippen molar-refractivity contribution in [2.45, 2.75) is 32.3 Å². The maximum absolute atomic E-state index is 9.37. The molecule has 1 heteroatoms. The Morgan fingerprint density at radius 3 is 2.79 bits per heavy atom. The summed E-state index contributed by atoms with van der Waals surface area (Å²) < 4.78 is 0. The fourth-order valence-corrected chi connectivity index (χ4v) is 1.97. The van der Waals surface area contributed by atoms with Crippen molar-refractivity contribution in [2.75, 3.05) is 0 Å². The van der Waals surface area contributed by atoms with E-state index in [1.165, 1.54) is 16.7 Å². The third-order valence-electron chi connectivity index (χ3n) is 2.87. The van der Waals surface area contributed by atoms with Crippen molar-refractivity contribution in [2.24, 2.45) is 0 Å². The lowest BCUT2D eigenvalue weighted by atomic mass is 10.0. The molecule has 0 aromatic heterocycles. The first-order valence-electron chi connectivity index (χ1n) is 5.18. The summed E-state index contributed by atoms with van der Waals surface area (Å²) in [5.41, 5.74) is 4.11. The second kappa shape index (κ2) is 3.97. The molecule has 2 rings (SSSR count). The van der Waals surface area contributed by atoms with Gasteiger partial charge in [0, 0.05) is 0 Å². The molecule has 0 saturated carbocycles. The Balaban J connectivity index is 2.12. The van der Waals surface area contributed by atoms with E-state index in [0.29, 0.717) is 0 Å². The lowest BCUT2D eigenvalue weighted by Gasteiger charge is -2.05. The van der Waals surface area contributed by atoms with Crippen LogP contribution in [0.2, 0.25) is 0 Å². The Morgan fingerprint density at radius 2 is 2.14 bits per heavy atom. The van der Waals surface area contributed by atoms with Crippen molar-refractivity contribution < 1.29 is 5.11 Å². The maximum Gasteiger partial charge on any atom is 0.0726 e. The zero-order chi connectivity index (χ0) is 9.97. The van der Waals surface area contributed by atoms with Crippen LogP contribution in [-0.4, -0.2) is 11.2 Å². The second-order valence-corrected chi connectivity index (χ2v) is 4.03. The Morgan fingerprint density at radius 1 is 1.36 bits per heavy atom. The Labute approximate surface area is 85.1 Å². The zero-order valence-corrected chi connectivity index (χ0v) is 8.53. The fourth-order valence-electron chi connectivity index (χ4n) is 1.97. The van der Waals surface area contributed by atoms with Crippen LogP contribution < -0.4 is 0 Å². The summed E-state index contributed by atoms with van der Waals surface area (Å²) >= 11 is 0. The molecule has 0 amide bonds. The van der Waals surface area contributed by atoms with E-state index in [0.717, 1.165) is 19.3 Å². The second-order valence-electron chi connectivity index (χ2n) is 4.03. The number of aryl methyl sites for hydroxylation is 1. The molecule has 1 aliphatic carbocycles. The highest BCUT2D eigenvalue weighted by molar-refractivity contribution is 5.31. The van der Waals surface area contributed by atoms with Gasteiger partial charge in [0.05, 0.1) is 6.10 Å². The molecule has 0 aliphatic heterocycles. The van der Waals surface area contributed by atoms with E-state index in [2.05, 4.69) is 31.2 Å². The Bertz CT molecular complexity index is 352. The highest BCUT2D eigenvalue weighted by Crippen LogP contribution is 2.23. The first kappa shape index (κ1) is 9.47. The van der Waals surface area contributed by atoms with Gasteiger partial charge in [0.15, 0.2) is 0 Å². The van der Waals surface area contributed by atoms with Crippen LogP contribution in [0.5, 0.6) is 0 Å². The molecule has 14 heavy (non-hydrogen) atoms. The van der Waals surface area contributed by atoms with Crippen LogP contribution in [0.4, 0.5) is 0 Å². The summed E-state index contributed by atoms with van der Waals surface area (Å²) in [7, 11) is 0. The molecule has 0 fully saturated rings. The summed E-state index contributed by atoms with van der Waals surface area (Å²) in [5.74, 6) is 0. The number of rotatable bonds is 2. The van der Waals surface area contributed by atoms with Crippen LogP contribution in [-0.2, 0) is 6.42 Å². The van der Waals surface area contributed by atoms with Crippen LogP contribution in [0.3, 0.4) is 0 Å². The van der Waals surface area contributed by atoms with E-state index in [1.807, 2.05) is 6.08 Å². The monoisotopic (exact) mass is 188 g/mol. The minimum absolute atomic E-state index is 0.200. The largest absolute Gasteiger partial charge is 0.389 e. The van der Waals surface area contributed by atoms with Crippen molar-refractivity contribution in [1.29, 1.82) is 0 Å². The van der Waals surface area contributed by atoms with Gasteiger partial charge in [0.25, 0.3) is 0 Å². The molecule has 1 aromatic rings. The van der Waals surface area contributed by atoms with Crippen molar-refractivity contribution in [3.63, 3.8) is 0 Å². The normalized spacial score (nSPS) is 21.0. The molecule has 0 bridgehead atoms. The molecule has 1 unspecified atom stereocenters. The first-order chi connectivity index (χ1) is 6.75. The van der Waals surface area contributed by atoms with E-state index < -0.39 is 0 Å². The fraction of sp³-hybridized carbons (Fsp3) is 0.385. The van der Waals surface area contributed by atoms with Gasteiger partial charge in [-0.05, 0) is 37.3 Å². The van der Waals surface area contributed by atoms with Crippen molar-refractivity contribution in [3.8, 4) is 0 Å². The minimum Gasteiger partial charge on any atom is -0.389 e. The Hall–Kier alpha value is -1.08. The topological polar surface area (TPSA) is 20.2 Å². The number of aliphatic hydroxyl groups excluding tert-OH is 1. The molecule has 1 aromatic carbocycles. The van der Waals surface area contributed by atoms with Crippen LogP contribution in [0.25, 0.3) is 0 Å². The predicted molar refractivity (Wildman–Crippen MR) is 58.2 cm³/mol. The molecule has 0 saturated heterocycles. The molecule has 1 atom stereocenters. The summed E-state index contributed by atoms with van der Waals surface area (Å²) in [6.07, 6.45) is 4.77. The molecule has 0 spiro atoms. The van der Waals surface area contributed by atoms with Gasteiger partial charge in [0.1, 0.15) is 0 Å². The van der Waals surface area contributed by atoms with Crippen molar-refractivity contribution >= 4 is 0 Å². The predicted octanol–water partition coefficient (Wildman–Crippen LogP) is 2.62.